The second-order valence-electron chi connectivity index (χ2n) is 3.65. The molecule has 1 aromatic rings. The maximum atomic E-state index is 5.49. The zero-order valence-electron chi connectivity index (χ0n) is 7.60. The van der Waals surface area contributed by atoms with Crippen molar-refractivity contribution >= 4 is 17.2 Å². The predicted octanol–water partition coefficient (Wildman–Crippen LogP) is 1.72. The number of aromatic nitrogens is 1. The first-order valence-electron chi connectivity index (χ1n) is 4.73. The van der Waals surface area contributed by atoms with Crippen LogP contribution in [0.3, 0.4) is 0 Å². The average molecular weight is 194 g/mol. The van der Waals surface area contributed by atoms with Crippen LogP contribution in [0.25, 0.3) is 0 Å². The van der Waals surface area contributed by atoms with Crippen molar-refractivity contribution in [1.82, 2.24) is 4.98 Å². The Morgan fingerprint density at radius 3 is 2.92 bits per heavy atom. The van der Waals surface area contributed by atoms with Crippen molar-refractivity contribution < 1.29 is 0 Å². The van der Waals surface area contributed by atoms with Crippen LogP contribution in [0.15, 0.2) is 6.07 Å². The molecule has 1 heterocycles. The van der Waals surface area contributed by atoms with Gasteiger partial charge in [0, 0.05) is 17.8 Å². The Kier molecular flexibility index (Phi) is 2.36. The van der Waals surface area contributed by atoms with Crippen LogP contribution < -0.4 is 5.73 Å². The molecule has 3 N–H and O–H groups in total. The highest BCUT2D eigenvalue weighted by Gasteiger charge is 2.12. The van der Waals surface area contributed by atoms with Crippen molar-refractivity contribution in [2.45, 2.75) is 32.1 Å². The van der Waals surface area contributed by atoms with Gasteiger partial charge in [-0.15, -0.1) is 0 Å². The summed E-state index contributed by atoms with van der Waals surface area (Å²) < 4.78 is 0. The molecule has 0 spiro atoms. The molecule has 1 aliphatic carbocycles. The van der Waals surface area contributed by atoms with Crippen LogP contribution in [0.1, 0.15) is 29.8 Å². The maximum absolute atomic E-state index is 5.49. The maximum Gasteiger partial charge on any atom is 0.0786 e. The third kappa shape index (κ3) is 1.91. The van der Waals surface area contributed by atoms with Gasteiger partial charge >= 0.3 is 0 Å². The fourth-order valence-corrected chi connectivity index (χ4v) is 2.11. The summed E-state index contributed by atoms with van der Waals surface area (Å²) in [6, 6.07) is 2.22. The van der Waals surface area contributed by atoms with Crippen LogP contribution in [-0.4, -0.2) is 9.97 Å². The standard InChI is InChI=1S/C10H14N2S/c11-10(13)6-8-5-7-3-1-2-4-9(7)12-8/h5,12H,1-4,6H2,(H2,11,13). The predicted molar refractivity (Wildman–Crippen MR) is 57.9 cm³/mol. The third-order valence-electron chi connectivity index (χ3n) is 2.54. The van der Waals surface area contributed by atoms with Gasteiger partial charge in [0.25, 0.3) is 0 Å². The smallest absolute Gasteiger partial charge is 0.0786 e. The first-order valence-corrected chi connectivity index (χ1v) is 5.14. The number of nitrogens with one attached hydrogen (secondary N) is 1. The molecule has 0 saturated carbocycles. The van der Waals surface area contributed by atoms with E-state index in [0.29, 0.717) is 11.4 Å². The summed E-state index contributed by atoms with van der Waals surface area (Å²) in [6.45, 7) is 0. The van der Waals surface area contributed by atoms with Gasteiger partial charge in [0.2, 0.25) is 0 Å². The summed E-state index contributed by atoms with van der Waals surface area (Å²) in [5.74, 6) is 0. The summed E-state index contributed by atoms with van der Waals surface area (Å²) in [6.07, 6.45) is 5.73. The van der Waals surface area contributed by atoms with Gasteiger partial charge in [-0.25, -0.2) is 0 Å². The molecule has 0 saturated heterocycles. The molecule has 0 atom stereocenters. The molecule has 0 bridgehead atoms. The summed E-state index contributed by atoms with van der Waals surface area (Å²) in [5.41, 5.74) is 9.54. The van der Waals surface area contributed by atoms with E-state index in [1.807, 2.05) is 0 Å². The lowest BCUT2D eigenvalue weighted by Gasteiger charge is -2.09. The number of thiocarbonyl (C=S) groups is 1. The molecular formula is C10H14N2S. The topological polar surface area (TPSA) is 41.8 Å². The number of hydrogen-bond acceptors (Lipinski definition) is 1. The van der Waals surface area contributed by atoms with Gasteiger partial charge in [-0.3, -0.25) is 0 Å². The SMILES string of the molecule is NC(=S)Cc1cc2c([nH]1)CCCC2. The van der Waals surface area contributed by atoms with Gasteiger partial charge in [0.1, 0.15) is 0 Å². The minimum absolute atomic E-state index is 0.568. The molecule has 0 aromatic carbocycles. The molecule has 3 heteroatoms. The fraction of sp³-hybridized carbons (Fsp3) is 0.500. The second kappa shape index (κ2) is 3.50. The molecule has 70 valence electrons. The van der Waals surface area contributed by atoms with Crippen molar-refractivity contribution in [1.29, 1.82) is 0 Å². The molecule has 2 rings (SSSR count). The zero-order valence-corrected chi connectivity index (χ0v) is 8.41. The molecule has 0 fully saturated rings. The van der Waals surface area contributed by atoms with Crippen LogP contribution in [0.2, 0.25) is 0 Å². The van der Waals surface area contributed by atoms with Gasteiger partial charge in [-0.05, 0) is 37.3 Å². The molecule has 2 nitrogen and oxygen atoms in total. The van der Waals surface area contributed by atoms with Gasteiger partial charge in [0.05, 0.1) is 4.99 Å². The largest absolute Gasteiger partial charge is 0.393 e. The fourth-order valence-electron chi connectivity index (χ4n) is 1.95. The van der Waals surface area contributed by atoms with E-state index in [2.05, 4.69) is 11.1 Å². The van der Waals surface area contributed by atoms with E-state index in [9.17, 15) is 0 Å². The highest BCUT2D eigenvalue weighted by Crippen LogP contribution is 2.21. The number of rotatable bonds is 2. The Hall–Kier alpha value is -0.830. The Bertz CT molecular complexity index is 304. The Balaban J connectivity index is 2.20. The summed E-state index contributed by atoms with van der Waals surface area (Å²) in [4.78, 5) is 3.97. The van der Waals surface area contributed by atoms with E-state index in [4.69, 9.17) is 18.0 Å². The van der Waals surface area contributed by atoms with Gasteiger partial charge in [-0.2, -0.15) is 0 Å². The number of fused-ring (bicyclic) bond motifs is 1. The summed E-state index contributed by atoms with van der Waals surface area (Å²) >= 11 is 4.88. The highest BCUT2D eigenvalue weighted by molar-refractivity contribution is 7.80. The van der Waals surface area contributed by atoms with Crippen molar-refractivity contribution in [2.75, 3.05) is 0 Å². The van der Waals surface area contributed by atoms with Crippen LogP contribution in [0.5, 0.6) is 0 Å². The van der Waals surface area contributed by atoms with Crippen molar-refractivity contribution in [3.05, 3.63) is 23.0 Å². The molecule has 0 radical (unpaired) electrons. The number of aromatic amines is 1. The van der Waals surface area contributed by atoms with E-state index >= 15 is 0 Å². The molecule has 13 heavy (non-hydrogen) atoms. The molecule has 1 aromatic heterocycles. The average Bonchev–Trinajstić information content (AvgIpc) is 2.44. The molecule has 0 unspecified atom stereocenters. The lowest BCUT2D eigenvalue weighted by atomic mass is 9.98. The summed E-state index contributed by atoms with van der Waals surface area (Å²) in [5, 5.41) is 0. The van der Waals surface area contributed by atoms with E-state index in [0.717, 1.165) is 0 Å². The minimum Gasteiger partial charge on any atom is -0.393 e. The highest BCUT2D eigenvalue weighted by atomic mass is 32.1. The van der Waals surface area contributed by atoms with Crippen LogP contribution in [0.4, 0.5) is 0 Å². The Morgan fingerprint density at radius 2 is 2.23 bits per heavy atom. The van der Waals surface area contributed by atoms with Crippen LogP contribution >= 0.6 is 12.2 Å². The van der Waals surface area contributed by atoms with E-state index < -0.39 is 0 Å². The second-order valence-corrected chi connectivity index (χ2v) is 4.17. The van der Waals surface area contributed by atoms with E-state index in [1.165, 1.54) is 42.6 Å². The first-order chi connectivity index (χ1) is 6.25. The lowest BCUT2D eigenvalue weighted by Crippen LogP contribution is -2.11. The first kappa shape index (κ1) is 8.75. The van der Waals surface area contributed by atoms with Gasteiger partial charge in [0.15, 0.2) is 0 Å². The molecular weight excluding hydrogens is 180 g/mol. The summed E-state index contributed by atoms with van der Waals surface area (Å²) in [7, 11) is 0. The van der Waals surface area contributed by atoms with Crippen LogP contribution in [0, 0.1) is 0 Å². The van der Waals surface area contributed by atoms with Gasteiger partial charge in [-0.1, -0.05) is 12.2 Å². The third-order valence-corrected chi connectivity index (χ3v) is 2.68. The zero-order chi connectivity index (χ0) is 9.26. The number of hydrogen-bond donors (Lipinski definition) is 2. The van der Waals surface area contributed by atoms with E-state index in [-0.39, 0.29) is 0 Å². The lowest BCUT2D eigenvalue weighted by molar-refractivity contribution is 0.676. The number of aryl methyl sites for hydroxylation is 2. The minimum atomic E-state index is 0.568. The molecule has 0 amide bonds. The Morgan fingerprint density at radius 1 is 1.46 bits per heavy atom. The number of H-pyrrole nitrogens is 1. The van der Waals surface area contributed by atoms with Crippen molar-refractivity contribution in [3.63, 3.8) is 0 Å². The monoisotopic (exact) mass is 194 g/mol. The quantitative estimate of drug-likeness (QED) is 0.704. The number of nitrogens with two attached hydrogens (primary N) is 1. The van der Waals surface area contributed by atoms with Crippen molar-refractivity contribution in [3.8, 4) is 0 Å². The molecule has 1 aliphatic rings. The van der Waals surface area contributed by atoms with Crippen molar-refractivity contribution in [2.24, 2.45) is 5.73 Å². The van der Waals surface area contributed by atoms with E-state index in [1.54, 1.807) is 0 Å². The van der Waals surface area contributed by atoms with Gasteiger partial charge < -0.3 is 10.7 Å². The Labute approximate surface area is 83.5 Å². The van der Waals surface area contributed by atoms with Crippen LogP contribution in [-0.2, 0) is 19.3 Å². The normalized spacial score (nSPS) is 15.4. The molecule has 0 aliphatic heterocycles.